The number of nitrogens with zero attached hydrogens (tertiary/aromatic N) is 2. The maximum absolute atomic E-state index is 12.7. The van der Waals surface area contributed by atoms with E-state index in [1.54, 1.807) is 20.8 Å². The number of carbonyl (C=O) groups is 1. The Kier molecular flexibility index (Phi) is 3.88. The highest BCUT2D eigenvalue weighted by molar-refractivity contribution is 7.89. The van der Waals surface area contributed by atoms with Crippen molar-refractivity contribution in [3.63, 3.8) is 0 Å². The summed E-state index contributed by atoms with van der Waals surface area (Å²) in [5.74, 6) is -1.33. The van der Waals surface area contributed by atoms with Crippen molar-refractivity contribution >= 4 is 16.0 Å². The van der Waals surface area contributed by atoms with E-state index >= 15 is 0 Å². The summed E-state index contributed by atoms with van der Waals surface area (Å²) in [6.45, 7) is 5.29. The Balaban J connectivity index is 2.30. The van der Waals surface area contributed by atoms with Crippen LogP contribution in [0.4, 0.5) is 0 Å². The minimum atomic E-state index is -3.63. The van der Waals surface area contributed by atoms with Crippen LogP contribution in [-0.2, 0) is 14.8 Å². The number of aromatic nitrogens is 2. The second-order valence-corrected chi connectivity index (χ2v) is 7.11. The van der Waals surface area contributed by atoms with Crippen LogP contribution in [0.15, 0.2) is 4.90 Å². The van der Waals surface area contributed by atoms with E-state index in [0.29, 0.717) is 24.2 Å². The zero-order chi connectivity index (χ0) is 15.1. The summed E-state index contributed by atoms with van der Waals surface area (Å²) in [6, 6.07) is -0.330. The molecule has 0 aliphatic carbocycles. The highest BCUT2D eigenvalue weighted by Crippen LogP contribution is 2.30. The quantitative estimate of drug-likeness (QED) is 0.863. The van der Waals surface area contributed by atoms with E-state index in [1.165, 1.54) is 4.31 Å². The van der Waals surface area contributed by atoms with E-state index in [1.807, 2.05) is 0 Å². The highest BCUT2D eigenvalue weighted by Gasteiger charge is 2.38. The highest BCUT2D eigenvalue weighted by atomic mass is 32.2. The number of aromatic amines is 1. The Bertz CT molecular complexity index is 603. The number of carboxylic acids is 1. The minimum Gasteiger partial charge on any atom is -0.481 e. The lowest BCUT2D eigenvalue weighted by Crippen LogP contribution is -2.46. The maximum atomic E-state index is 12.7. The largest absolute Gasteiger partial charge is 0.481 e. The molecule has 0 aromatic carbocycles. The summed E-state index contributed by atoms with van der Waals surface area (Å²) in [5.41, 5.74) is 0.949. The second kappa shape index (κ2) is 5.17. The first-order valence-electron chi connectivity index (χ1n) is 6.51. The van der Waals surface area contributed by atoms with Crippen LogP contribution < -0.4 is 0 Å². The molecule has 1 aromatic heterocycles. The van der Waals surface area contributed by atoms with Crippen LogP contribution in [0.2, 0.25) is 0 Å². The molecule has 0 amide bonds. The molecule has 2 atom stereocenters. The number of carboxylic acid groups (broad SMARTS) is 1. The van der Waals surface area contributed by atoms with Crippen LogP contribution in [-0.4, -0.2) is 46.6 Å². The van der Waals surface area contributed by atoms with Crippen molar-refractivity contribution in [2.75, 3.05) is 6.54 Å². The first kappa shape index (κ1) is 15.0. The van der Waals surface area contributed by atoms with Gasteiger partial charge in [-0.05, 0) is 33.6 Å². The number of aliphatic carboxylic acids is 1. The molecule has 1 aromatic rings. The third-order valence-electron chi connectivity index (χ3n) is 3.79. The van der Waals surface area contributed by atoms with Crippen LogP contribution >= 0.6 is 0 Å². The Morgan fingerprint density at radius 2 is 2.10 bits per heavy atom. The van der Waals surface area contributed by atoms with Gasteiger partial charge in [-0.1, -0.05) is 0 Å². The number of hydrogen-bond donors (Lipinski definition) is 2. The van der Waals surface area contributed by atoms with Crippen molar-refractivity contribution in [3.05, 3.63) is 11.4 Å². The van der Waals surface area contributed by atoms with Crippen molar-refractivity contribution in [2.45, 2.75) is 44.6 Å². The fourth-order valence-corrected chi connectivity index (χ4v) is 4.76. The number of H-pyrrole nitrogens is 1. The van der Waals surface area contributed by atoms with Crippen molar-refractivity contribution in [2.24, 2.45) is 5.92 Å². The zero-order valence-corrected chi connectivity index (χ0v) is 12.6. The van der Waals surface area contributed by atoms with Gasteiger partial charge in [0.1, 0.15) is 4.90 Å². The average Bonchev–Trinajstić information content (AvgIpc) is 2.68. The fraction of sp³-hybridized carbons (Fsp3) is 0.667. The summed E-state index contributed by atoms with van der Waals surface area (Å²) in [7, 11) is -3.63. The Labute approximate surface area is 118 Å². The number of piperidine rings is 1. The lowest BCUT2D eigenvalue weighted by atomic mass is 9.93. The van der Waals surface area contributed by atoms with E-state index in [9.17, 15) is 13.2 Å². The molecule has 20 heavy (non-hydrogen) atoms. The van der Waals surface area contributed by atoms with E-state index in [-0.39, 0.29) is 17.5 Å². The van der Waals surface area contributed by atoms with Gasteiger partial charge >= 0.3 is 5.97 Å². The van der Waals surface area contributed by atoms with Crippen LogP contribution in [0.5, 0.6) is 0 Å². The number of aryl methyl sites for hydroxylation is 2. The molecule has 112 valence electrons. The first-order chi connectivity index (χ1) is 9.25. The van der Waals surface area contributed by atoms with Gasteiger partial charge in [-0.25, -0.2) is 8.42 Å². The molecule has 0 bridgehead atoms. The summed E-state index contributed by atoms with van der Waals surface area (Å²) in [6.07, 6.45) is 0.680. The van der Waals surface area contributed by atoms with Crippen molar-refractivity contribution in [1.82, 2.24) is 14.5 Å². The average molecular weight is 301 g/mol. The monoisotopic (exact) mass is 301 g/mol. The molecular formula is C12H19N3O4S. The normalized spacial score (nSPS) is 24.8. The van der Waals surface area contributed by atoms with Crippen LogP contribution in [0.3, 0.4) is 0 Å². The molecule has 2 unspecified atom stereocenters. The Morgan fingerprint density at radius 3 is 2.55 bits per heavy atom. The molecule has 0 saturated carbocycles. The molecule has 2 heterocycles. The lowest BCUT2D eigenvalue weighted by molar-refractivity contribution is -0.143. The molecule has 8 heteroatoms. The van der Waals surface area contributed by atoms with Gasteiger partial charge < -0.3 is 5.11 Å². The molecule has 1 fully saturated rings. The standard InChI is InChI=1S/C12H19N3O4S/c1-7-6-10(12(16)17)4-5-15(7)20(18,19)11-8(2)13-14-9(11)3/h7,10H,4-6H2,1-3H3,(H,13,14)(H,16,17). The molecule has 0 radical (unpaired) electrons. The lowest BCUT2D eigenvalue weighted by Gasteiger charge is -2.35. The van der Waals surface area contributed by atoms with Gasteiger partial charge in [0.15, 0.2) is 0 Å². The smallest absolute Gasteiger partial charge is 0.306 e. The topological polar surface area (TPSA) is 103 Å². The van der Waals surface area contributed by atoms with Crippen LogP contribution in [0, 0.1) is 19.8 Å². The van der Waals surface area contributed by atoms with Gasteiger partial charge in [-0.3, -0.25) is 9.89 Å². The van der Waals surface area contributed by atoms with E-state index in [4.69, 9.17) is 5.11 Å². The molecule has 2 N–H and O–H groups in total. The molecule has 1 saturated heterocycles. The van der Waals surface area contributed by atoms with Crippen molar-refractivity contribution in [3.8, 4) is 0 Å². The van der Waals surface area contributed by atoms with E-state index < -0.39 is 21.9 Å². The molecule has 1 aliphatic rings. The molecule has 0 spiro atoms. The van der Waals surface area contributed by atoms with Gasteiger partial charge in [0.2, 0.25) is 10.0 Å². The summed E-state index contributed by atoms with van der Waals surface area (Å²) in [5, 5.41) is 15.6. The molecule has 1 aliphatic heterocycles. The predicted octanol–water partition coefficient (Wildman–Crippen LogP) is 0.900. The molecule has 2 rings (SSSR count). The number of sulfonamides is 1. The minimum absolute atomic E-state index is 0.207. The van der Waals surface area contributed by atoms with Gasteiger partial charge in [0.25, 0.3) is 0 Å². The summed E-state index contributed by atoms with van der Waals surface area (Å²) in [4.78, 5) is 11.2. The van der Waals surface area contributed by atoms with Crippen molar-refractivity contribution < 1.29 is 18.3 Å². The van der Waals surface area contributed by atoms with Gasteiger partial charge in [0, 0.05) is 12.6 Å². The van der Waals surface area contributed by atoms with Crippen LogP contribution in [0.25, 0.3) is 0 Å². The Hall–Kier alpha value is -1.41. The van der Waals surface area contributed by atoms with E-state index in [0.717, 1.165) is 0 Å². The van der Waals surface area contributed by atoms with E-state index in [2.05, 4.69) is 10.2 Å². The SMILES string of the molecule is Cc1n[nH]c(C)c1S(=O)(=O)N1CCC(C(=O)O)CC1C. The first-order valence-corrected chi connectivity index (χ1v) is 7.95. The molecule has 7 nitrogen and oxygen atoms in total. The van der Waals surface area contributed by atoms with Gasteiger partial charge in [-0.2, -0.15) is 9.40 Å². The number of hydrogen-bond acceptors (Lipinski definition) is 4. The molecular weight excluding hydrogens is 282 g/mol. The van der Waals surface area contributed by atoms with Gasteiger partial charge in [-0.15, -0.1) is 0 Å². The zero-order valence-electron chi connectivity index (χ0n) is 11.8. The van der Waals surface area contributed by atoms with Crippen molar-refractivity contribution in [1.29, 1.82) is 0 Å². The fourth-order valence-electron chi connectivity index (χ4n) is 2.77. The number of nitrogens with one attached hydrogen (secondary N) is 1. The Morgan fingerprint density at radius 1 is 1.45 bits per heavy atom. The summed E-state index contributed by atoms with van der Waals surface area (Å²) >= 11 is 0. The summed E-state index contributed by atoms with van der Waals surface area (Å²) < 4.78 is 26.8. The van der Waals surface area contributed by atoms with Gasteiger partial charge in [0.05, 0.1) is 17.3 Å². The second-order valence-electron chi connectivity index (χ2n) is 5.29. The third kappa shape index (κ3) is 2.45. The third-order valence-corrected chi connectivity index (χ3v) is 6.07. The maximum Gasteiger partial charge on any atom is 0.306 e. The number of rotatable bonds is 3. The predicted molar refractivity (Wildman–Crippen MR) is 71.8 cm³/mol. The van der Waals surface area contributed by atoms with Crippen LogP contribution in [0.1, 0.15) is 31.2 Å².